The van der Waals surface area contributed by atoms with Crippen LogP contribution in [0.1, 0.15) is 30.2 Å². The van der Waals surface area contributed by atoms with Crippen LogP contribution in [0.3, 0.4) is 0 Å². The van der Waals surface area contributed by atoms with Crippen molar-refractivity contribution in [1.29, 1.82) is 0 Å². The van der Waals surface area contributed by atoms with Crippen molar-refractivity contribution in [2.45, 2.75) is 36.5 Å². The van der Waals surface area contributed by atoms with Gasteiger partial charge in [0, 0.05) is 24.9 Å². The van der Waals surface area contributed by atoms with Crippen LogP contribution in [0.2, 0.25) is 0 Å². The number of esters is 1. The van der Waals surface area contributed by atoms with Crippen molar-refractivity contribution >= 4 is 29.3 Å². The summed E-state index contributed by atoms with van der Waals surface area (Å²) in [6.07, 6.45) is 0.0441. The highest BCUT2D eigenvalue weighted by Gasteiger charge is 2.40. The normalized spacial score (nSPS) is 19.1. The molecule has 2 aromatic carbocycles. The van der Waals surface area contributed by atoms with E-state index < -0.39 is 12.1 Å². The number of thioether (sulfide) groups is 1. The zero-order valence-electron chi connectivity index (χ0n) is 17.4. The third-order valence-electron chi connectivity index (χ3n) is 4.95. The molecule has 0 unspecified atom stereocenters. The molecular weight excluding hydrogens is 384 g/mol. The van der Waals surface area contributed by atoms with E-state index in [1.807, 2.05) is 55.4 Å². The molecule has 0 N–H and O–H groups in total. The number of nitrogens with zero attached hydrogens (tertiary/aromatic N) is 2. The second-order valence-corrected chi connectivity index (χ2v) is 8.61. The molecule has 0 fully saturated rings. The second kappa shape index (κ2) is 9.46. The summed E-state index contributed by atoms with van der Waals surface area (Å²) in [6.45, 7) is 4.73. The molecule has 1 amide bonds. The molecule has 0 saturated carbocycles. The van der Waals surface area contributed by atoms with Gasteiger partial charge in [-0.3, -0.25) is 9.59 Å². The van der Waals surface area contributed by atoms with Gasteiger partial charge in [-0.25, -0.2) is 0 Å². The molecule has 5 nitrogen and oxygen atoms in total. The summed E-state index contributed by atoms with van der Waals surface area (Å²) in [7, 11) is 3.96. The van der Waals surface area contributed by atoms with Crippen molar-refractivity contribution in [3.8, 4) is 0 Å². The lowest BCUT2D eigenvalue weighted by molar-refractivity contribution is -0.152. The predicted molar refractivity (Wildman–Crippen MR) is 117 cm³/mol. The minimum atomic E-state index is -0.875. The Morgan fingerprint density at radius 3 is 2.52 bits per heavy atom. The lowest BCUT2D eigenvalue weighted by atomic mass is 10.1. The molecule has 0 saturated heterocycles. The van der Waals surface area contributed by atoms with Crippen molar-refractivity contribution in [1.82, 2.24) is 4.90 Å². The maximum Gasteiger partial charge on any atom is 0.303 e. The minimum absolute atomic E-state index is 0.175. The van der Waals surface area contributed by atoms with Crippen LogP contribution in [-0.4, -0.2) is 50.1 Å². The first-order chi connectivity index (χ1) is 13.9. The Balaban J connectivity index is 2.11. The molecule has 0 bridgehead atoms. The summed E-state index contributed by atoms with van der Waals surface area (Å²) >= 11 is 1.60. The first-order valence-corrected chi connectivity index (χ1v) is 10.8. The molecular formula is C23H28N2O3S. The maximum atomic E-state index is 13.6. The van der Waals surface area contributed by atoms with Gasteiger partial charge < -0.3 is 14.5 Å². The van der Waals surface area contributed by atoms with Crippen molar-refractivity contribution in [3.05, 3.63) is 59.7 Å². The number of hydrogen-bond donors (Lipinski definition) is 0. The van der Waals surface area contributed by atoms with Crippen LogP contribution in [0, 0.1) is 0 Å². The fraction of sp³-hybridized carbons (Fsp3) is 0.391. The van der Waals surface area contributed by atoms with Gasteiger partial charge in [0.25, 0.3) is 5.91 Å². The number of anilines is 1. The molecule has 2 aromatic rings. The van der Waals surface area contributed by atoms with Crippen molar-refractivity contribution in [2.24, 2.45) is 0 Å². The van der Waals surface area contributed by atoms with Gasteiger partial charge in [-0.15, -0.1) is 11.8 Å². The molecule has 0 aromatic heterocycles. The van der Waals surface area contributed by atoms with E-state index in [1.54, 1.807) is 16.7 Å². The Labute approximate surface area is 177 Å². The van der Waals surface area contributed by atoms with E-state index in [-0.39, 0.29) is 11.2 Å². The Morgan fingerprint density at radius 1 is 1.17 bits per heavy atom. The summed E-state index contributed by atoms with van der Waals surface area (Å²) < 4.78 is 5.61. The van der Waals surface area contributed by atoms with E-state index in [1.165, 1.54) is 12.5 Å². The quantitative estimate of drug-likeness (QED) is 0.673. The smallest absolute Gasteiger partial charge is 0.303 e. The summed E-state index contributed by atoms with van der Waals surface area (Å²) in [5, 5.41) is -0.303. The van der Waals surface area contributed by atoms with E-state index in [0.29, 0.717) is 13.1 Å². The van der Waals surface area contributed by atoms with E-state index in [2.05, 4.69) is 19.1 Å². The molecule has 154 valence electrons. The average molecular weight is 413 g/mol. The fourth-order valence-corrected chi connectivity index (χ4v) is 4.78. The van der Waals surface area contributed by atoms with E-state index in [0.717, 1.165) is 22.6 Å². The standard InChI is InChI=1S/C23H28N2O3S/c1-5-17-11-12-19-20(15-17)29-22(18-9-7-6-8-10-18)21(28-16(2)26)23(27)25(19)14-13-24(3)4/h6-12,15,21-22H,5,13-14H2,1-4H3/t21-,22+/m0/s1. The van der Waals surface area contributed by atoms with Gasteiger partial charge in [-0.05, 0) is 43.8 Å². The van der Waals surface area contributed by atoms with Gasteiger partial charge in [0.1, 0.15) is 0 Å². The van der Waals surface area contributed by atoms with Crippen LogP contribution in [0.5, 0.6) is 0 Å². The topological polar surface area (TPSA) is 49.9 Å². The molecule has 6 heteroatoms. The third-order valence-corrected chi connectivity index (χ3v) is 6.31. The van der Waals surface area contributed by atoms with Gasteiger partial charge >= 0.3 is 5.97 Å². The molecule has 3 rings (SSSR count). The molecule has 1 aliphatic rings. The first kappa shape index (κ1) is 21.4. The molecule has 0 radical (unpaired) electrons. The Morgan fingerprint density at radius 2 is 1.90 bits per heavy atom. The van der Waals surface area contributed by atoms with E-state index >= 15 is 0 Å². The predicted octanol–water partition coefficient (Wildman–Crippen LogP) is 3.92. The van der Waals surface area contributed by atoms with Gasteiger partial charge in [-0.2, -0.15) is 0 Å². The largest absolute Gasteiger partial charge is 0.451 e. The van der Waals surface area contributed by atoms with Gasteiger partial charge in [0.2, 0.25) is 0 Å². The van der Waals surface area contributed by atoms with Crippen LogP contribution < -0.4 is 4.90 Å². The lowest BCUT2D eigenvalue weighted by Gasteiger charge is -2.28. The highest BCUT2D eigenvalue weighted by molar-refractivity contribution is 7.99. The molecule has 2 atom stereocenters. The second-order valence-electron chi connectivity index (χ2n) is 7.43. The van der Waals surface area contributed by atoms with Crippen LogP contribution in [0.15, 0.2) is 53.4 Å². The molecule has 1 aliphatic heterocycles. The molecule has 1 heterocycles. The number of ether oxygens (including phenoxy) is 1. The fourth-order valence-electron chi connectivity index (χ4n) is 3.40. The maximum absolute atomic E-state index is 13.6. The number of carbonyl (C=O) groups is 2. The van der Waals surface area contributed by atoms with Crippen molar-refractivity contribution in [2.75, 3.05) is 32.1 Å². The highest BCUT2D eigenvalue weighted by Crippen LogP contribution is 2.47. The van der Waals surface area contributed by atoms with Crippen molar-refractivity contribution < 1.29 is 14.3 Å². The highest BCUT2D eigenvalue weighted by atomic mass is 32.2. The SMILES string of the molecule is CCc1ccc2c(c1)S[C@H](c1ccccc1)[C@H](OC(C)=O)C(=O)N2CCN(C)C. The molecule has 0 spiro atoms. The third kappa shape index (κ3) is 5.00. The number of amides is 1. The number of carbonyl (C=O) groups excluding carboxylic acids is 2. The monoisotopic (exact) mass is 412 g/mol. The number of benzene rings is 2. The van der Waals surface area contributed by atoms with Gasteiger partial charge in [0.05, 0.1) is 10.9 Å². The summed E-state index contributed by atoms with van der Waals surface area (Å²) in [5.74, 6) is -0.621. The zero-order chi connectivity index (χ0) is 21.0. The zero-order valence-corrected chi connectivity index (χ0v) is 18.2. The Hall–Kier alpha value is -2.31. The molecule has 29 heavy (non-hydrogen) atoms. The number of hydrogen-bond acceptors (Lipinski definition) is 5. The summed E-state index contributed by atoms with van der Waals surface area (Å²) in [4.78, 5) is 30.4. The van der Waals surface area contributed by atoms with Crippen molar-refractivity contribution in [3.63, 3.8) is 0 Å². The number of rotatable bonds is 6. The lowest BCUT2D eigenvalue weighted by Crippen LogP contribution is -2.45. The van der Waals surface area contributed by atoms with Gasteiger partial charge in [0.15, 0.2) is 6.10 Å². The number of fused-ring (bicyclic) bond motifs is 1. The van der Waals surface area contributed by atoms with Crippen LogP contribution in [0.4, 0.5) is 5.69 Å². The molecule has 0 aliphatic carbocycles. The number of likely N-dealkylation sites (N-methyl/N-ethyl adjacent to an activating group) is 1. The van der Waals surface area contributed by atoms with Crippen LogP contribution in [0.25, 0.3) is 0 Å². The van der Waals surface area contributed by atoms with Crippen LogP contribution >= 0.6 is 11.8 Å². The summed E-state index contributed by atoms with van der Waals surface area (Å²) in [6, 6.07) is 16.1. The Kier molecular flexibility index (Phi) is 6.98. The average Bonchev–Trinajstić information content (AvgIpc) is 2.81. The van der Waals surface area contributed by atoms with Crippen LogP contribution in [-0.2, 0) is 20.7 Å². The first-order valence-electron chi connectivity index (χ1n) is 9.88. The minimum Gasteiger partial charge on any atom is -0.451 e. The summed E-state index contributed by atoms with van der Waals surface area (Å²) in [5.41, 5.74) is 3.07. The number of aryl methyl sites for hydroxylation is 1. The van der Waals surface area contributed by atoms with E-state index in [9.17, 15) is 9.59 Å². The van der Waals surface area contributed by atoms with Gasteiger partial charge in [-0.1, -0.05) is 43.3 Å². The van der Waals surface area contributed by atoms with E-state index in [4.69, 9.17) is 4.74 Å². The Bertz CT molecular complexity index is 870.